The third kappa shape index (κ3) is 4.05. The first-order valence-corrected chi connectivity index (χ1v) is 15.2. The molecule has 0 fully saturated rings. The monoisotopic (exact) mass is 330 g/mol. The first-order chi connectivity index (χ1) is 2.94. The molecule has 7 heavy (non-hydrogen) atoms. The summed E-state index contributed by atoms with van der Waals surface area (Å²) in [7, 11) is 0. The van der Waals surface area contributed by atoms with E-state index in [-0.39, 0.29) is 0 Å². The summed E-state index contributed by atoms with van der Waals surface area (Å²) in [4.78, 5) is 4.88. The van der Waals surface area contributed by atoms with Gasteiger partial charge in [0.2, 0.25) is 0 Å². The van der Waals surface area contributed by atoms with Crippen molar-refractivity contribution < 1.29 is 0 Å². The van der Waals surface area contributed by atoms with E-state index in [2.05, 4.69) is 42.5 Å². The SMILES string of the molecule is CC(C)[Te](C)(C)I. The average Bonchev–Trinajstić information content (AvgIpc) is 1.31. The summed E-state index contributed by atoms with van der Waals surface area (Å²) in [5.41, 5.74) is 0. The third-order valence-corrected chi connectivity index (χ3v) is 14.3. The van der Waals surface area contributed by atoms with E-state index in [9.17, 15) is 0 Å². The minimum absolute atomic E-state index is 0.975. The summed E-state index contributed by atoms with van der Waals surface area (Å²) in [5.74, 6) is 0. The van der Waals surface area contributed by atoms with Crippen molar-refractivity contribution in [2.75, 3.05) is 0 Å². The van der Waals surface area contributed by atoms with Gasteiger partial charge in [0.05, 0.1) is 0 Å². The topological polar surface area (TPSA) is 0 Å². The van der Waals surface area contributed by atoms with Crippen LogP contribution in [0.15, 0.2) is 0 Å². The number of hydrogen-bond acceptors (Lipinski definition) is 0. The molecule has 0 rings (SSSR count). The van der Waals surface area contributed by atoms with Crippen LogP contribution in [0.4, 0.5) is 0 Å². The van der Waals surface area contributed by atoms with E-state index in [0.717, 1.165) is 3.97 Å². The van der Waals surface area contributed by atoms with Crippen molar-refractivity contribution in [3.05, 3.63) is 0 Å². The Morgan fingerprint density at radius 1 is 1.29 bits per heavy atom. The number of halogens is 1. The Balaban J connectivity index is 3.54. The Morgan fingerprint density at radius 2 is 1.43 bits per heavy atom. The van der Waals surface area contributed by atoms with E-state index in [1.54, 1.807) is 0 Å². The Morgan fingerprint density at radius 3 is 1.43 bits per heavy atom. The van der Waals surface area contributed by atoms with Gasteiger partial charge >= 0.3 is 60.7 Å². The standard InChI is InChI=1S/C5H13ITe/c1-5(2)7(3,4)6/h5H,1-4H3. The van der Waals surface area contributed by atoms with Crippen LogP contribution in [0.3, 0.4) is 0 Å². The van der Waals surface area contributed by atoms with Gasteiger partial charge < -0.3 is 0 Å². The van der Waals surface area contributed by atoms with E-state index >= 15 is 0 Å². The molecule has 0 heterocycles. The summed E-state index contributed by atoms with van der Waals surface area (Å²) in [6.45, 7) is 4.65. The molecule has 0 aliphatic carbocycles. The van der Waals surface area contributed by atoms with Gasteiger partial charge in [-0.2, -0.15) is 0 Å². The molecule has 0 N–H and O–H groups in total. The molecule has 0 aromatic heterocycles. The summed E-state index contributed by atoms with van der Waals surface area (Å²) >= 11 is 1.44. The second-order valence-electron chi connectivity index (χ2n) is 2.33. The van der Waals surface area contributed by atoms with Crippen LogP contribution in [-0.2, 0) is 0 Å². The Kier molecular flexibility index (Phi) is 3.52. The van der Waals surface area contributed by atoms with Gasteiger partial charge in [0.15, 0.2) is 0 Å². The van der Waals surface area contributed by atoms with Crippen LogP contribution in [0, 0.1) is 0 Å². The van der Waals surface area contributed by atoms with E-state index in [4.69, 9.17) is 0 Å². The molecule has 0 saturated heterocycles. The molecular weight excluding hydrogens is 315 g/mol. The molecule has 2 heteroatoms. The van der Waals surface area contributed by atoms with Crippen LogP contribution in [-0.4, -0.2) is 14.2 Å². The molecule has 0 amide bonds. The van der Waals surface area contributed by atoms with E-state index in [1.165, 1.54) is 0 Å². The fourth-order valence-electron chi connectivity index (χ4n) is 0. The molecule has 0 nitrogen and oxygen atoms in total. The van der Waals surface area contributed by atoms with Crippen LogP contribution >= 0.6 is 18.7 Å². The van der Waals surface area contributed by atoms with Crippen LogP contribution in [0.1, 0.15) is 13.8 Å². The Hall–Kier alpha value is 1.52. The zero-order chi connectivity index (χ0) is 6.08. The van der Waals surface area contributed by atoms with E-state index < -0.39 is 14.2 Å². The maximum absolute atomic E-state index is 2.66. The molecule has 0 atom stereocenters. The van der Waals surface area contributed by atoms with Crippen molar-refractivity contribution in [3.8, 4) is 0 Å². The fraction of sp³-hybridized carbons (Fsp3) is 1.00. The first kappa shape index (κ1) is 8.52. The van der Waals surface area contributed by atoms with Gasteiger partial charge in [0.1, 0.15) is 0 Å². The average molecular weight is 328 g/mol. The van der Waals surface area contributed by atoms with Crippen LogP contribution in [0.2, 0.25) is 13.9 Å². The van der Waals surface area contributed by atoms with Gasteiger partial charge in [0.25, 0.3) is 0 Å². The second-order valence-corrected chi connectivity index (χ2v) is 27.5. The molecule has 0 aliphatic rings. The maximum atomic E-state index is 2.66. The molecule has 0 spiro atoms. The molecule has 0 unspecified atom stereocenters. The van der Waals surface area contributed by atoms with Crippen LogP contribution < -0.4 is 0 Å². The molecule has 0 aliphatic heterocycles. The zero-order valence-corrected chi connectivity index (χ0v) is 9.85. The van der Waals surface area contributed by atoms with Crippen molar-refractivity contribution in [2.24, 2.45) is 0 Å². The zero-order valence-electron chi connectivity index (χ0n) is 5.36. The van der Waals surface area contributed by atoms with Gasteiger partial charge in [-0.25, -0.2) is 0 Å². The van der Waals surface area contributed by atoms with Crippen LogP contribution in [0.5, 0.6) is 0 Å². The molecule has 0 saturated carbocycles. The second kappa shape index (κ2) is 2.89. The first-order valence-electron chi connectivity index (χ1n) is 2.36. The van der Waals surface area contributed by atoms with E-state index in [0.29, 0.717) is 0 Å². The summed E-state index contributed by atoms with van der Waals surface area (Å²) in [5, 5.41) is 0. The van der Waals surface area contributed by atoms with Gasteiger partial charge in [-0.05, 0) is 0 Å². The Bertz CT molecular complexity index is 53.6. The Labute approximate surface area is 60.1 Å². The molecule has 0 aromatic carbocycles. The van der Waals surface area contributed by atoms with Crippen LogP contribution in [0.25, 0.3) is 0 Å². The molecule has 0 bridgehead atoms. The van der Waals surface area contributed by atoms with Crippen molar-refractivity contribution in [2.45, 2.75) is 27.8 Å². The fourth-order valence-corrected chi connectivity index (χ4v) is 0. The van der Waals surface area contributed by atoms with Crippen molar-refractivity contribution in [1.82, 2.24) is 0 Å². The van der Waals surface area contributed by atoms with Gasteiger partial charge in [-0.1, -0.05) is 0 Å². The third-order valence-electron chi connectivity index (χ3n) is 1.12. The molecule has 46 valence electrons. The van der Waals surface area contributed by atoms with Gasteiger partial charge in [-0.15, -0.1) is 0 Å². The van der Waals surface area contributed by atoms with Crippen molar-refractivity contribution >= 4 is 32.9 Å². The van der Waals surface area contributed by atoms with Gasteiger partial charge in [-0.3, -0.25) is 0 Å². The van der Waals surface area contributed by atoms with E-state index in [1.807, 2.05) is 0 Å². The van der Waals surface area contributed by atoms with Crippen molar-refractivity contribution in [3.63, 3.8) is 0 Å². The quantitative estimate of drug-likeness (QED) is 0.513. The van der Waals surface area contributed by atoms with Gasteiger partial charge in [0, 0.05) is 0 Å². The molecular formula is C5H13ITe. The van der Waals surface area contributed by atoms with Crippen molar-refractivity contribution in [1.29, 1.82) is 0 Å². The number of hydrogen-bond donors (Lipinski definition) is 0. The summed E-state index contributed by atoms with van der Waals surface area (Å²) in [6, 6.07) is 0. The normalized spacial score (nSPS) is 15.1. The number of rotatable bonds is 1. The molecule has 0 radical (unpaired) electrons. The predicted octanol–water partition coefficient (Wildman–Crippen LogP) is 3.04. The molecule has 0 aromatic rings. The summed E-state index contributed by atoms with van der Waals surface area (Å²) in [6.07, 6.45) is 0. The minimum atomic E-state index is -1.22. The summed E-state index contributed by atoms with van der Waals surface area (Å²) < 4.78 is 0.975. The predicted molar refractivity (Wildman–Crippen MR) is 46.6 cm³/mol.